The maximum absolute atomic E-state index is 12.5. The van der Waals surface area contributed by atoms with Gasteiger partial charge in [0.05, 0.1) is 22.3 Å². The summed E-state index contributed by atoms with van der Waals surface area (Å²) in [7, 11) is 0. The quantitative estimate of drug-likeness (QED) is 0.801. The van der Waals surface area contributed by atoms with Crippen LogP contribution in [0.2, 0.25) is 10.0 Å². The zero-order chi connectivity index (χ0) is 15.9. The van der Waals surface area contributed by atoms with Gasteiger partial charge in [0.1, 0.15) is 5.75 Å². The van der Waals surface area contributed by atoms with Crippen LogP contribution in [0.1, 0.15) is 18.1 Å². The molecule has 1 amide bonds. The molecule has 1 unspecified atom stereocenters. The minimum Gasteiger partial charge on any atom is -0.479 e. The Morgan fingerprint density at radius 2 is 1.91 bits per heavy atom. The summed E-state index contributed by atoms with van der Waals surface area (Å²) >= 11 is 12.0. The van der Waals surface area contributed by atoms with Crippen molar-refractivity contribution in [2.45, 2.75) is 26.5 Å². The summed E-state index contributed by atoms with van der Waals surface area (Å²) in [5.41, 5.74) is 2.78. The van der Waals surface area contributed by atoms with E-state index in [4.69, 9.17) is 27.9 Å². The number of ether oxygens (including phenoxy) is 1. The molecular weight excluding hydrogens is 321 g/mol. The van der Waals surface area contributed by atoms with Gasteiger partial charge in [-0.3, -0.25) is 4.79 Å². The van der Waals surface area contributed by atoms with Crippen LogP contribution in [0.5, 0.6) is 5.75 Å². The van der Waals surface area contributed by atoms with Gasteiger partial charge in [0.25, 0.3) is 5.91 Å². The van der Waals surface area contributed by atoms with Gasteiger partial charge in [0.15, 0.2) is 6.10 Å². The van der Waals surface area contributed by atoms with Crippen molar-refractivity contribution in [1.29, 1.82) is 0 Å². The molecule has 0 saturated carbocycles. The number of nitrogens with zero attached hydrogens (tertiary/aromatic N) is 1. The van der Waals surface area contributed by atoms with Crippen LogP contribution in [-0.4, -0.2) is 12.0 Å². The average Bonchev–Trinajstić information content (AvgIpc) is 2.48. The van der Waals surface area contributed by atoms with E-state index in [2.05, 4.69) is 0 Å². The largest absolute Gasteiger partial charge is 0.479 e. The van der Waals surface area contributed by atoms with Crippen molar-refractivity contribution >= 4 is 34.8 Å². The van der Waals surface area contributed by atoms with E-state index < -0.39 is 6.10 Å². The number of anilines is 1. The number of aryl methyl sites for hydroxylation is 1. The van der Waals surface area contributed by atoms with Crippen molar-refractivity contribution in [2.75, 3.05) is 4.90 Å². The van der Waals surface area contributed by atoms with Gasteiger partial charge in [-0.25, -0.2) is 0 Å². The van der Waals surface area contributed by atoms with Crippen LogP contribution in [0.3, 0.4) is 0 Å². The van der Waals surface area contributed by atoms with Crippen LogP contribution in [0.15, 0.2) is 36.4 Å². The van der Waals surface area contributed by atoms with E-state index in [-0.39, 0.29) is 5.91 Å². The molecule has 1 heterocycles. The van der Waals surface area contributed by atoms with Gasteiger partial charge in [-0.15, -0.1) is 0 Å². The van der Waals surface area contributed by atoms with Crippen LogP contribution >= 0.6 is 23.2 Å². The third-order valence-corrected chi connectivity index (χ3v) is 4.39. The molecule has 0 radical (unpaired) electrons. The van der Waals surface area contributed by atoms with Gasteiger partial charge in [-0.05, 0) is 49.2 Å². The van der Waals surface area contributed by atoms with Crippen molar-refractivity contribution in [3.05, 3.63) is 57.6 Å². The highest BCUT2D eigenvalue weighted by atomic mass is 35.5. The molecule has 0 spiro atoms. The van der Waals surface area contributed by atoms with Crippen molar-refractivity contribution < 1.29 is 9.53 Å². The van der Waals surface area contributed by atoms with Gasteiger partial charge >= 0.3 is 0 Å². The molecule has 0 N–H and O–H groups in total. The fraction of sp³-hybridized carbons (Fsp3) is 0.235. The lowest BCUT2D eigenvalue weighted by atomic mass is 10.1. The molecule has 1 atom stereocenters. The number of carbonyl (C=O) groups is 1. The van der Waals surface area contributed by atoms with Crippen LogP contribution in [0.25, 0.3) is 0 Å². The monoisotopic (exact) mass is 335 g/mol. The molecule has 2 aromatic rings. The summed E-state index contributed by atoms with van der Waals surface area (Å²) in [6, 6.07) is 11.2. The minimum atomic E-state index is -0.502. The summed E-state index contributed by atoms with van der Waals surface area (Å²) in [6.07, 6.45) is -0.502. The van der Waals surface area contributed by atoms with Crippen LogP contribution in [0, 0.1) is 6.92 Å². The fourth-order valence-electron chi connectivity index (χ4n) is 2.50. The lowest BCUT2D eigenvalue weighted by Gasteiger charge is -2.33. The first-order valence-electron chi connectivity index (χ1n) is 6.98. The highest BCUT2D eigenvalue weighted by molar-refractivity contribution is 6.42. The first-order chi connectivity index (χ1) is 10.5. The van der Waals surface area contributed by atoms with Crippen molar-refractivity contribution in [3.8, 4) is 5.75 Å². The van der Waals surface area contributed by atoms with Gasteiger partial charge in [0.2, 0.25) is 0 Å². The molecule has 0 fully saturated rings. The van der Waals surface area contributed by atoms with Gasteiger partial charge in [-0.1, -0.05) is 35.3 Å². The maximum Gasteiger partial charge on any atom is 0.268 e. The molecule has 3 rings (SSSR count). The molecular formula is C17H15Cl2NO2. The first-order valence-corrected chi connectivity index (χ1v) is 7.74. The fourth-order valence-corrected chi connectivity index (χ4v) is 2.82. The van der Waals surface area contributed by atoms with Gasteiger partial charge in [0, 0.05) is 0 Å². The van der Waals surface area contributed by atoms with Crippen LogP contribution < -0.4 is 9.64 Å². The Labute approximate surface area is 139 Å². The minimum absolute atomic E-state index is 0.0656. The smallest absolute Gasteiger partial charge is 0.268 e. The summed E-state index contributed by atoms with van der Waals surface area (Å²) in [5.74, 6) is 0.655. The molecule has 0 aromatic heterocycles. The van der Waals surface area contributed by atoms with E-state index in [1.165, 1.54) is 0 Å². The summed E-state index contributed by atoms with van der Waals surface area (Å²) in [6.45, 7) is 4.17. The molecule has 2 aromatic carbocycles. The standard InChI is InChI=1S/C17H15Cl2NO2/c1-10-3-6-16-15(7-10)20(17(21)11(2)22-16)9-12-4-5-13(18)14(19)8-12/h3-8,11H,9H2,1-2H3. The highest BCUT2D eigenvalue weighted by Gasteiger charge is 2.31. The number of hydrogen-bond acceptors (Lipinski definition) is 2. The number of rotatable bonds is 2. The maximum atomic E-state index is 12.5. The Morgan fingerprint density at radius 3 is 2.64 bits per heavy atom. The first kappa shape index (κ1) is 15.2. The second-order valence-electron chi connectivity index (χ2n) is 5.40. The predicted molar refractivity (Wildman–Crippen MR) is 88.9 cm³/mol. The number of fused-ring (bicyclic) bond motifs is 1. The SMILES string of the molecule is Cc1ccc2c(c1)N(Cc1ccc(Cl)c(Cl)c1)C(=O)C(C)O2. The number of hydrogen-bond donors (Lipinski definition) is 0. The third kappa shape index (κ3) is 2.79. The molecule has 0 bridgehead atoms. The van der Waals surface area contributed by atoms with Crippen molar-refractivity contribution in [3.63, 3.8) is 0 Å². The Hall–Kier alpha value is -1.71. The molecule has 3 nitrogen and oxygen atoms in total. The predicted octanol–water partition coefficient (Wildman–Crippen LogP) is 4.62. The Morgan fingerprint density at radius 1 is 1.14 bits per heavy atom. The number of halogens is 2. The molecule has 22 heavy (non-hydrogen) atoms. The second kappa shape index (κ2) is 5.82. The number of amides is 1. The Kier molecular flexibility index (Phi) is 4.02. The zero-order valence-corrected chi connectivity index (χ0v) is 13.8. The highest BCUT2D eigenvalue weighted by Crippen LogP contribution is 2.36. The lowest BCUT2D eigenvalue weighted by Crippen LogP contribution is -2.44. The van der Waals surface area contributed by atoms with E-state index in [9.17, 15) is 4.79 Å². The van der Waals surface area contributed by atoms with E-state index in [1.54, 1.807) is 24.0 Å². The summed E-state index contributed by atoms with van der Waals surface area (Å²) in [5, 5.41) is 0.987. The second-order valence-corrected chi connectivity index (χ2v) is 6.22. The average molecular weight is 336 g/mol. The normalized spacial score (nSPS) is 17.2. The molecule has 0 aliphatic carbocycles. The summed E-state index contributed by atoms with van der Waals surface area (Å²) in [4.78, 5) is 14.2. The lowest BCUT2D eigenvalue weighted by molar-refractivity contribution is -0.125. The van der Waals surface area contributed by atoms with Crippen LogP contribution in [-0.2, 0) is 11.3 Å². The van der Waals surface area contributed by atoms with E-state index >= 15 is 0 Å². The van der Waals surface area contributed by atoms with Crippen molar-refractivity contribution in [2.24, 2.45) is 0 Å². The number of benzene rings is 2. The molecule has 0 saturated heterocycles. The molecule has 1 aliphatic rings. The zero-order valence-electron chi connectivity index (χ0n) is 12.3. The van der Waals surface area contributed by atoms with Gasteiger partial charge in [-0.2, -0.15) is 0 Å². The molecule has 114 valence electrons. The topological polar surface area (TPSA) is 29.5 Å². The van der Waals surface area contributed by atoms with E-state index in [1.807, 2.05) is 31.2 Å². The van der Waals surface area contributed by atoms with Crippen LogP contribution in [0.4, 0.5) is 5.69 Å². The number of carbonyl (C=O) groups excluding carboxylic acids is 1. The molecule has 1 aliphatic heterocycles. The van der Waals surface area contributed by atoms with E-state index in [0.717, 1.165) is 22.6 Å². The van der Waals surface area contributed by atoms with Crippen molar-refractivity contribution in [1.82, 2.24) is 0 Å². The Bertz CT molecular complexity index is 745. The van der Waals surface area contributed by atoms with E-state index in [0.29, 0.717) is 16.6 Å². The summed E-state index contributed by atoms with van der Waals surface area (Å²) < 4.78 is 5.67. The Balaban J connectivity index is 1.99. The third-order valence-electron chi connectivity index (χ3n) is 3.65. The molecule has 5 heteroatoms. The van der Waals surface area contributed by atoms with Gasteiger partial charge < -0.3 is 9.64 Å².